The van der Waals surface area contributed by atoms with Gasteiger partial charge in [-0.2, -0.15) is 0 Å². The molecule has 0 aliphatic rings. The van der Waals surface area contributed by atoms with Gasteiger partial charge in [0.25, 0.3) is 0 Å². The zero-order chi connectivity index (χ0) is 9.84. The van der Waals surface area contributed by atoms with Crippen LogP contribution in [0, 0.1) is 6.92 Å². The Balaban J connectivity index is 2.39. The first-order valence-corrected chi connectivity index (χ1v) is 4.85. The molecule has 1 aromatic rings. The molecule has 1 heterocycles. The molecular formula is C8H11BrN2O2. The number of halogens is 1. The number of alkyl halides is 1. The summed E-state index contributed by atoms with van der Waals surface area (Å²) in [5, 5.41) is 6.45. The van der Waals surface area contributed by atoms with Gasteiger partial charge in [-0.25, -0.2) is 0 Å². The summed E-state index contributed by atoms with van der Waals surface area (Å²) in [5.74, 6) is 0.691. The molecule has 0 saturated carbocycles. The summed E-state index contributed by atoms with van der Waals surface area (Å²) in [7, 11) is 0. The molecule has 0 saturated heterocycles. The number of rotatable bonds is 3. The van der Waals surface area contributed by atoms with E-state index in [-0.39, 0.29) is 10.7 Å². The summed E-state index contributed by atoms with van der Waals surface area (Å²) in [6.07, 6.45) is 0. The lowest BCUT2D eigenvalue weighted by molar-refractivity contribution is -0.120. The van der Waals surface area contributed by atoms with Gasteiger partial charge in [0.15, 0.2) is 0 Å². The Morgan fingerprint density at radius 2 is 2.54 bits per heavy atom. The maximum atomic E-state index is 11.1. The lowest BCUT2D eigenvalue weighted by atomic mass is 10.3. The van der Waals surface area contributed by atoms with E-state index in [0.29, 0.717) is 6.54 Å². The average molecular weight is 247 g/mol. The Hall–Kier alpha value is -0.840. The van der Waals surface area contributed by atoms with E-state index in [1.54, 1.807) is 13.0 Å². The van der Waals surface area contributed by atoms with E-state index in [0.717, 1.165) is 11.5 Å². The number of carbonyl (C=O) groups excluding carboxylic acids is 1. The molecule has 1 rings (SSSR count). The summed E-state index contributed by atoms with van der Waals surface area (Å²) in [6.45, 7) is 3.99. The first-order chi connectivity index (χ1) is 6.09. The number of aryl methyl sites for hydroxylation is 1. The van der Waals surface area contributed by atoms with Crippen molar-refractivity contribution in [1.82, 2.24) is 10.5 Å². The maximum Gasteiger partial charge on any atom is 0.233 e. The van der Waals surface area contributed by atoms with Crippen molar-refractivity contribution in [3.8, 4) is 0 Å². The highest BCUT2D eigenvalue weighted by Crippen LogP contribution is 2.02. The summed E-state index contributed by atoms with van der Waals surface area (Å²) in [6, 6.07) is 1.79. The Morgan fingerprint density at radius 3 is 3.00 bits per heavy atom. The summed E-state index contributed by atoms with van der Waals surface area (Å²) in [4.78, 5) is 10.9. The van der Waals surface area contributed by atoms with Crippen molar-refractivity contribution in [1.29, 1.82) is 0 Å². The second-order valence-electron chi connectivity index (χ2n) is 2.76. The van der Waals surface area contributed by atoms with Gasteiger partial charge in [-0.15, -0.1) is 0 Å². The lowest BCUT2D eigenvalue weighted by Crippen LogP contribution is -2.28. The van der Waals surface area contributed by atoms with E-state index in [1.807, 2.05) is 6.92 Å². The van der Waals surface area contributed by atoms with Crippen LogP contribution < -0.4 is 5.32 Å². The van der Waals surface area contributed by atoms with Crippen LogP contribution in [-0.4, -0.2) is 15.9 Å². The molecule has 0 aliphatic heterocycles. The second-order valence-corrected chi connectivity index (χ2v) is 4.14. The van der Waals surface area contributed by atoms with E-state index < -0.39 is 0 Å². The molecule has 0 bridgehead atoms. The Morgan fingerprint density at radius 1 is 1.85 bits per heavy atom. The molecule has 0 radical (unpaired) electrons. The van der Waals surface area contributed by atoms with Gasteiger partial charge in [-0.05, 0) is 13.8 Å². The summed E-state index contributed by atoms with van der Waals surface area (Å²) in [5.41, 5.74) is 0.735. The van der Waals surface area contributed by atoms with Crippen LogP contribution in [-0.2, 0) is 11.3 Å². The van der Waals surface area contributed by atoms with Crippen LogP contribution in [0.4, 0.5) is 0 Å². The quantitative estimate of drug-likeness (QED) is 0.821. The molecule has 72 valence electrons. The van der Waals surface area contributed by atoms with Gasteiger partial charge >= 0.3 is 0 Å². The molecule has 0 spiro atoms. The van der Waals surface area contributed by atoms with E-state index >= 15 is 0 Å². The molecule has 1 unspecified atom stereocenters. The SMILES string of the molecule is Cc1cc(CNC(=O)C(C)Br)no1. The van der Waals surface area contributed by atoms with E-state index in [1.165, 1.54) is 0 Å². The molecule has 5 heteroatoms. The van der Waals surface area contributed by atoms with E-state index in [9.17, 15) is 4.79 Å². The fourth-order valence-electron chi connectivity index (χ4n) is 0.820. The average Bonchev–Trinajstić information content (AvgIpc) is 2.47. The molecule has 1 N–H and O–H groups in total. The number of hydrogen-bond acceptors (Lipinski definition) is 3. The highest BCUT2D eigenvalue weighted by molar-refractivity contribution is 9.10. The van der Waals surface area contributed by atoms with Gasteiger partial charge in [0.2, 0.25) is 5.91 Å². The smallest absolute Gasteiger partial charge is 0.233 e. The molecule has 4 nitrogen and oxygen atoms in total. The number of aromatic nitrogens is 1. The van der Waals surface area contributed by atoms with Crippen LogP contribution >= 0.6 is 15.9 Å². The van der Waals surface area contributed by atoms with Gasteiger partial charge in [0.05, 0.1) is 11.4 Å². The first kappa shape index (κ1) is 10.2. The van der Waals surface area contributed by atoms with Crippen molar-refractivity contribution >= 4 is 21.8 Å². The number of nitrogens with zero attached hydrogens (tertiary/aromatic N) is 1. The third-order valence-electron chi connectivity index (χ3n) is 1.48. The first-order valence-electron chi connectivity index (χ1n) is 3.93. The van der Waals surface area contributed by atoms with E-state index in [4.69, 9.17) is 4.52 Å². The molecule has 0 fully saturated rings. The lowest BCUT2D eigenvalue weighted by Gasteiger charge is -2.03. The predicted octanol–water partition coefficient (Wildman–Crippen LogP) is 1.38. The molecule has 1 amide bonds. The van der Waals surface area contributed by atoms with Crippen LogP contribution in [0.2, 0.25) is 0 Å². The topological polar surface area (TPSA) is 55.1 Å². The van der Waals surface area contributed by atoms with Crippen molar-refractivity contribution in [3.63, 3.8) is 0 Å². The second kappa shape index (κ2) is 4.41. The minimum atomic E-state index is -0.180. The molecule has 1 atom stereocenters. The number of carbonyl (C=O) groups is 1. The molecule has 1 aromatic heterocycles. The standard InChI is InChI=1S/C8H11BrN2O2/c1-5-3-7(11-13-5)4-10-8(12)6(2)9/h3,6H,4H2,1-2H3,(H,10,12). The van der Waals surface area contributed by atoms with E-state index in [2.05, 4.69) is 26.4 Å². The van der Waals surface area contributed by atoms with Crippen LogP contribution in [0.25, 0.3) is 0 Å². The van der Waals surface area contributed by atoms with Crippen LogP contribution in [0.15, 0.2) is 10.6 Å². The molecule has 0 aliphatic carbocycles. The summed E-state index contributed by atoms with van der Waals surface area (Å²) >= 11 is 3.16. The third kappa shape index (κ3) is 3.18. The minimum Gasteiger partial charge on any atom is -0.361 e. The Kier molecular flexibility index (Phi) is 3.48. The summed E-state index contributed by atoms with van der Waals surface area (Å²) < 4.78 is 4.84. The highest BCUT2D eigenvalue weighted by atomic mass is 79.9. The van der Waals surface area contributed by atoms with Crippen LogP contribution in [0.5, 0.6) is 0 Å². The van der Waals surface area contributed by atoms with Gasteiger partial charge in [-0.1, -0.05) is 21.1 Å². The highest BCUT2D eigenvalue weighted by Gasteiger charge is 2.08. The van der Waals surface area contributed by atoms with Gasteiger partial charge < -0.3 is 9.84 Å². The van der Waals surface area contributed by atoms with Crippen molar-refractivity contribution in [3.05, 3.63) is 17.5 Å². The number of hydrogen-bond donors (Lipinski definition) is 1. The fourth-order valence-corrected chi connectivity index (χ4v) is 0.981. The van der Waals surface area contributed by atoms with Crippen molar-refractivity contribution in [2.75, 3.05) is 0 Å². The van der Waals surface area contributed by atoms with Crippen molar-refractivity contribution in [2.24, 2.45) is 0 Å². The monoisotopic (exact) mass is 246 g/mol. The van der Waals surface area contributed by atoms with Gasteiger partial charge in [0, 0.05) is 6.07 Å². The van der Waals surface area contributed by atoms with Crippen LogP contribution in [0.1, 0.15) is 18.4 Å². The predicted molar refractivity (Wildman–Crippen MR) is 51.5 cm³/mol. The maximum absolute atomic E-state index is 11.1. The Labute approximate surface area is 84.8 Å². The molecule has 13 heavy (non-hydrogen) atoms. The Bertz CT molecular complexity index is 296. The number of amides is 1. The normalized spacial score (nSPS) is 12.5. The van der Waals surface area contributed by atoms with Gasteiger partial charge in [-0.3, -0.25) is 4.79 Å². The number of nitrogens with one attached hydrogen (secondary N) is 1. The molecule has 0 aromatic carbocycles. The third-order valence-corrected chi connectivity index (χ3v) is 1.90. The molecular weight excluding hydrogens is 236 g/mol. The van der Waals surface area contributed by atoms with Crippen LogP contribution in [0.3, 0.4) is 0 Å². The van der Waals surface area contributed by atoms with Crippen molar-refractivity contribution in [2.45, 2.75) is 25.2 Å². The fraction of sp³-hybridized carbons (Fsp3) is 0.500. The van der Waals surface area contributed by atoms with Crippen molar-refractivity contribution < 1.29 is 9.32 Å². The minimum absolute atomic E-state index is 0.0550. The zero-order valence-corrected chi connectivity index (χ0v) is 9.09. The zero-order valence-electron chi connectivity index (χ0n) is 7.50. The van der Waals surface area contributed by atoms with Gasteiger partial charge in [0.1, 0.15) is 11.5 Å². The largest absolute Gasteiger partial charge is 0.361 e.